The molecule has 0 fully saturated rings. The zero-order valence-corrected chi connectivity index (χ0v) is 13.3. The molecule has 0 saturated carbocycles. The van der Waals surface area contributed by atoms with E-state index in [0.717, 1.165) is 4.47 Å². The van der Waals surface area contributed by atoms with Crippen LogP contribution in [0.1, 0.15) is 18.7 Å². The van der Waals surface area contributed by atoms with Crippen LogP contribution in [0.3, 0.4) is 0 Å². The number of nitrogens with zero attached hydrogens (tertiary/aromatic N) is 1. The van der Waals surface area contributed by atoms with Crippen molar-refractivity contribution in [2.24, 2.45) is 0 Å². The zero-order chi connectivity index (χ0) is 14.5. The number of nitrogens with one attached hydrogen (secondary N) is 1. The standard InChI is InChI=1S/C12H18BrF3N2S/c1-9(2)18(8-12(14,15)16)4-3-17-6-11-5-10(13)7-19-11/h5,7,9,17H,3-4,6,8H2,1-2H3. The van der Waals surface area contributed by atoms with E-state index in [2.05, 4.69) is 21.2 Å². The maximum Gasteiger partial charge on any atom is 0.401 e. The predicted octanol–water partition coefficient (Wildman–Crippen LogP) is 3.87. The first kappa shape index (κ1) is 16.9. The molecule has 1 aromatic rings. The van der Waals surface area contributed by atoms with Crippen LogP contribution in [0.15, 0.2) is 15.9 Å². The van der Waals surface area contributed by atoms with Crippen molar-refractivity contribution >= 4 is 27.3 Å². The Morgan fingerprint density at radius 1 is 1.42 bits per heavy atom. The van der Waals surface area contributed by atoms with Gasteiger partial charge in [-0.15, -0.1) is 11.3 Å². The fourth-order valence-corrected chi connectivity index (χ4v) is 3.05. The zero-order valence-electron chi connectivity index (χ0n) is 10.9. The summed E-state index contributed by atoms with van der Waals surface area (Å²) < 4.78 is 38.2. The molecule has 0 radical (unpaired) electrons. The fraction of sp³-hybridized carbons (Fsp3) is 0.667. The summed E-state index contributed by atoms with van der Waals surface area (Å²) in [5.74, 6) is 0. The van der Waals surface area contributed by atoms with Crippen LogP contribution in [0.25, 0.3) is 0 Å². The van der Waals surface area contributed by atoms with Crippen LogP contribution < -0.4 is 5.32 Å². The molecule has 0 bridgehead atoms. The number of halogens is 4. The molecule has 0 spiro atoms. The molecule has 1 rings (SSSR count). The molecule has 1 heterocycles. The topological polar surface area (TPSA) is 15.3 Å². The van der Waals surface area contributed by atoms with E-state index in [1.165, 1.54) is 9.78 Å². The Morgan fingerprint density at radius 3 is 2.58 bits per heavy atom. The molecule has 1 N–H and O–H groups in total. The lowest BCUT2D eigenvalue weighted by atomic mass is 10.3. The van der Waals surface area contributed by atoms with E-state index in [0.29, 0.717) is 19.6 Å². The molecule has 0 amide bonds. The van der Waals surface area contributed by atoms with Crippen LogP contribution in [0.2, 0.25) is 0 Å². The second kappa shape index (κ2) is 7.61. The summed E-state index contributed by atoms with van der Waals surface area (Å²) in [4.78, 5) is 2.59. The van der Waals surface area contributed by atoms with Crippen molar-refractivity contribution in [3.8, 4) is 0 Å². The lowest BCUT2D eigenvalue weighted by Crippen LogP contribution is -2.42. The van der Waals surface area contributed by atoms with Gasteiger partial charge in [-0.05, 0) is 35.8 Å². The molecular formula is C12H18BrF3N2S. The maximum atomic E-state index is 12.4. The number of hydrogen-bond donors (Lipinski definition) is 1. The summed E-state index contributed by atoms with van der Waals surface area (Å²) in [6.07, 6.45) is -4.14. The van der Waals surface area contributed by atoms with Crippen LogP contribution in [-0.4, -0.2) is 36.8 Å². The molecule has 1 aromatic heterocycles. The normalized spacial score (nSPS) is 12.6. The molecule has 0 aromatic carbocycles. The third-order valence-corrected chi connectivity index (χ3v) is 4.31. The van der Waals surface area contributed by atoms with Crippen molar-refractivity contribution in [2.45, 2.75) is 32.6 Å². The summed E-state index contributed by atoms with van der Waals surface area (Å²) in [5.41, 5.74) is 0. The van der Waals surface area contributed by atoms with Gasteiger partial charge in [-0.1, -0.05) is 0 Å². The number of thiophene rings is 1. The third-order valence-electron chi connectivity index (χ3n) is 2.61. The lowest BCUT2D eigenvalue weighted by Gasteiger charge is -2.27. The van der Waals surface area contributed by atoms with Gasteiger partial charge in [0.1, 0.15) is 0 Å². The summed E-state index contributed by atoms with van der Waals surface area (Å²) in [6, 6.07) is 1.90. The molecule has 0 aliphatic heterocycles. The van der Waals surface area contributed by atoms with Gasteiger partial charge in [-0.25, -0.2) is 0 Å². The summed E-state index contributed by atoms with van der Waals surface area (Å²) in [7, 11) is 0. The molecular weight excluding hydrogens is 341 g/mol. The van der Waals surface area contributed by atoms with E-state index in [1.807, 2.05) is 11.4 Å². The smallest absolute Gasteiger partial charge is 0.311 e. The molecule has 110 valence electrons. The molecule has 0 saturated heterocycles. The van der Waals surface area contributed by atoms with Gasteiger partial charge in [0.05, 0.1) is 6.54 Å². The summed E-state index contributed by atoms with van der Waals surface area (Å²) in [6.45, 7) is 4.34. The minimum absolute atomic E-state index is 0.112. The van der Waals surface area contributed by atoms with Crippen molar-refractivity contribution in [2.75, 3.05) is 19.6 Å². The minimum atomic E-state index is -4.14. The van der Waals surface area contributed by atoms with E-state index in [4.69, 9.17) is 0 Å². The Kier molecular flexibility index (Phi) is 6.79. The van der Waals surface area contributed by atoms with Crippen LogP contribution in [0.5, 0.6) is 0 Å². The van der Waals surface area contributed by atoms with Crippen LogP contribution in [0, 0.1) is 0 Å². The highest BCUT2D eigenvalue weighted by Gasteiger charge is 2.31. The van der Waals surface area contributed by atoms with E-state index >= 15 is 0 Å². The van der Waals surface area contributed by atoms with Gasteiger partial charge >= 0.3 is 6.18 Å². The van der Waals surface area contributed by atoms with Crippen molar-refractivity contribution in [1.82, 2.24) is 10.2 Å². The molecule has 19 heavy (non-hydrogen) atoms. The fourth-order valence-electron chi connectivity index (χ4n) is 1.63. The summed E-state index contributed by atoms with van der Waals surface area (Å²) in [5, 5.41) is 5.15. The molecule has 0 unspecified atom stereocenters. The van der Waals surface area contributed by atoms with Gasteiger partial charge < -0.3 is 5.32 Å². The molecule has 0 aliphatic rings. The van der Waals surface area contributed by atoms with Crippen LogP contribution in [-0.2, 0) is 6.54 Å². The summed E-state index contributed by atoms with van der Waals surface area (Å²) >= 11 is 4.99. The molecule has 2 nitrogen and oxygen atoms in total. The first-order valence-corrected chi connectivity index (χ1v) is 7.69. The van der Waals surface area contributed by atoms with E-state index in [-0.39, 0.29) is 6.04 Å². The van der Waals surface area contributed by atoms with Gasteiger partial charge in [0.2, 0.25) is 0 Å². The molecule has 0 aliphatic carbocycles. The maximum absolute atomic E-state index is 12.4. The SMILES string of the molecule is CC(C)N(CCNCc1cc(Br)cs1)CC(F)(F)F. The Labute approximate surface area is 124 Å². The molecule has 7 heteroatoms. The number of rotatable bonds is 7. The van der Waals surface area contributed by atoms with Gasteiger partial charge in [0.25, 0.3) is 0 Å². The Hall–Kier alpha value is -0.110. The van der Waals surface area contributed by atoms with Gasteiger partial charge in [-0.2, -0.15) is 13.2 Å². The lowest BCUT2D eigenvalue weighted by molar-refractivity contribution is -0.149. The largest absolute Gasteiger partial charge is 0.401 e. The number of alkyl halides is 3. The van der Waals surface area contributed by atoms with Gasteiger partial charge in [0, 0.05) is 40.4 Å². The van der Waals surface area contributed by atoms with Crippen LogP contribution in [0.4, 0.5) is 13.2 Å². The number of hydrogen-bond acceptors (Lipinski definition) is 3. The highest BCUT2D eigenvalue weighted by Crippen LogP contribution is 2.19. The highest BCUT2D eigenvalue weighted by molar-refractivity contribution is 9.10. The van der Waals surface area contributed by atoms with E-state index in [9.17, 15) is 13.2 Å². The van der Waals surface area contributed by atoms with Crippen molar-refractivity contribution in [3.05, 3.63) is 20.8 Å². The second-order valence-corrected chi connectivity index (χ2v) is 6.50. The van der Waals surface area contributed by atoms with Crippen molar-refractivity contribution < 1.29 is 13.2 Å². The predicted molar refractivity (Wildman–Crippen MR) is 76.5 cm³/mol. The van der Waals surface area contributed by atoms with Crippen LogP contribution >= 0.6 is 27.3 Å². The van der Waals surface area contributed by atoms with Crippen molar-refractivity contribution in [3.63, 3.8) is 0 Å². The minimum Gasteiger partial charge on any atom is -0.311 e. The van der Waals surface area contributed by atoms with Gasteiger partial charge in [0.15, 0.2) is 0 Å². The molecule has 0 atom stereocenters. The van der Waals surface area contributed by atoms with Crippen molar-refractivity contribution in [1.29, 1.82) is 0 Å². The van der Waals surface area contributed by atoms with Gasteiger partial charge in [-0.3, -0.25) is 4.90 Å². The Balaban J connectivity index is 2.28. The Morgan fingerprint density at radius 2 is 2.11 bits per heavy atom. The second-order valence-electron chi connectivity index (χ2n) is 4.59. The third kappa shape index (κ3) is 7.29. The monoisotopic (exact) mass is 358 g/mol. The Bertz CT molecular complexity index is 379. The quantitative estimate of drug-likeness (QED) is 0.744. The first-order valence-electron chi connectivity index (χ1n) is 6.02. The highest BCUT2D eigenvalue weighted by atomic mass is 79.9. The van der Waals surface area contributed by atoms with E-state index in [1.54, 1.807) is 25.2 Å². The average molecular weight is 359 g/mol. The average Bonchev–Trinajstić information content (AvgIpc) is 2.67. The first-order chi connectivity index (χ1) is 8.78. The van der Waals surface area contributed by atoms with E-state index < -0.39 is 12.7 Å².